The number of hydrogen-bond acceptors (Lipinski definition) is 5. The van der Waals surface area contributed by atoms with Crippen LogP contribution >= 0.6 is 0 Å². The van der Waals surface area contributed by atoms with Crippen LogP contribution < -0.4 is 16.0 Å². The topological polar surface area (TPSA) is 84.1 Å². The number of allylic oxidation sites excluding steroid dienone is 2. The molecule has 188 valence electrons. The summed E-state index contributed by atoms with van der Waals surface area (Å²) in [4.78, 5) is 22.7. The molecule has 6 nitrogen and oxygen atoms in total. The van der Waals surface area contributed by atoms with E-state index in [1.807, 2.05) is 43.3 Å². The van der Waals surface area contributed by atoms with Crippen molar-refractivity contribution in [1.82, 2.24) is 9.97 Å². The number of nitrogen functional groups attached to an aromatic ring is 1. The van der Waals surface area contributed by atoms with Crippen LogP contribution in [0.1, 0.15) is 16.7 Å². The summed E-state index contributed by atoms with van der Waals surface area (Å²) in [5, 5.41) is 3.50. The Morgan fingerprint density at radius 2 is 1.62 bits per heavy atom. The maximum Gasteiger partial charge on any atom is 0.416 e. The molecule has 1 amide bonds. The Kier molecular flexibility index (Phi) is 7.24. The molecule has 0 radical (unpaired) electrons. The van der Waals surface area contributed by atoms with Crippen LogP contribution in [0.15, 0.2) is 91.2 Å². The van der Waals surface area contributed by atoms with Gasteiger partial charge in [-0.1, -0.05) is 48.6 Å². The van der Waals surface area contributed by atoms with Crippen LogP contribution in [-0.4, -0.2) is 30.0 Å². The van der Waals surface area contributed by atoms with Gasteiger partial charge in [-0.3, -0.25) is 4.79 Å². The molecule has 1 heterocycles. The molecule has 9 heteroatoms. The van der Waals surface area contributed by atoms with Crippen LogP contribution in [0.4, 0.5) is 30.5 Å². The fourth-order valence-corrected chi connectivity index (χ4v) is 3.71. The van der Waals surface area contributed by atoms with E-state index in [-0.39, 0.29) is 5.95 Å². The second-order valence-electron chi connectivity index (χ2n) is 8.42. The van der Waals surface area contributed by atoms with E-state index in [1.165, 1.54) is 18.2 Å². The zero-order valence-electron chi connectivity index (χ0n) is 20.1. The van der Waals surface area contributed by atoms with E-state index in [4.69, 9.17) is 5.73 Å². The van der Waals surface area contributed by atoms with Crippen LogP contribution in [0.3, 0.4) is 0 Å². The van der Waals surface area contributed by atoms with Gasteiger partial charge in [0.15, 0.2) is 0 Å². The number of amides is 1. The zero-order chi connectivity index (χ0) is 26.6. The first-order valence-corrected chi connectivity index (χ1v) is 11.3. The van der Waals surface area contributed by atoms with E-state index in [0.29, 0.717) is 22.3 Å². The first kappa shape index (κ1) is 25.4. The number of carbonyl (C=O) groups excluding carboxylic acids is 1. The number of carbonyl (C=O) groups is 1. The SMILES string of the molecule is CN(C)c1ccc(/C(=C\C=C\C(=O)Nc2cccc3cnc(N)nc23)c2ccc(C(F)(F)F)cc2)cc1. The van der Waals surface area contributed by atoms with Crippen molar-refractivity contribution in [3.05, 3.63) is 108 Å². The normalized spacial score (nSPS) is 12.2. The van der Waals surface area contributed by atoms with E-state index in [0.717, 1.165) is 28.8 Å². The molecule has 3 N–H and O–H groups in total. The molecule has 0 unspecified atom stereocenters. The lowest BCUT2D eigenvalue weighted by atomic mass is 9.96. The summed E-state index contributed by atoms with van der Waals surface area (Å²) >= 11 is 0. The van der Waals surface area contributed by atoms with Gasteiger partial charge in [0.05, 0.1) is 16.8 Å². The van der Waals surface area contributed by atoms with Gasteiger partial charge in [0, 0.05) is 37.4 Å². The quantitative estimate of drug-likeness (QED) is 0.252. The fourth-order valence-electron chi connectivity index (χ4n) is 3.71. The number of rotatable bonds is 6. The maximum absolute atomic E-state index is 13.1. The number of halogens is 3. The summed E-state index contributed by atoms with van der Waals surface area (Å²) in [6.45, 7) is 0. The van der Waals surface area contributed by atoms with Crippen molar-refractivity contribution in [3.63, 3.8) is 0 Å². The highest BCUT2D eigenvalue weighted by Gasteiger charge is 2.30. The third-order valence-electron chi connectivity index (χ3n) is 5.62. The Morgan fingerprint density at radius 3 is 2.24 bits per heavy atom. The molecule has 0 saturated carbocycles. The van der Waals surface area contributed by atoms with Crippen LogP contribution in [0, 0.1) is 0 Å². The summed E-state index contributed by atoms with van der Waals surface area (Å²) in [5.74, 6) is -0.315. The van der Waals surface area contributed by atoms with Gasteiger partial charge < -0.3 is 16.0 Å². The molecular formula is C28H24F3N5O. The van der Waals surface area contributed by atoms with Crippen LogP contribution in [-0.2, 0) is 11.0 Å². The number of hydrogen-bond donors (Lipinski definition) is 2. The number of benzene rings is 3. The Labute approximate surface area is 212 Å². The molecule has 1 aromatic heterocycles. The lowest BCUT2D eigenvalue weighted by Gasteiger charge is -2.14. The fraction of sp³-hybridized carbons (Fsp3) is 0.107. The number of fused-ring (bicyclic) bond motifs is 1. The van der Waals surface area contributed by atoms with Gasteiger partial charge >= 0.3 is 6.18 Å². The van der Waals surface area contributed by atoms with Crippen LogP contribution in [0.25, 0.3) is 16.5 Å². The second-order valence-corrected chi connectivity index (χ2v) is 8.42. The highest BCUT2D eigenvalue weighted by molar-refractivity contribution is 6.05. The molecule has 0 spiro atoms. The number of alkyl halides is 3. The summed E-state index contributed by atoms with van der Waals surface area (Å²) in [6, 6.07) is 17.8. The van der Waals surface area contributed by atoms with Gasteiger partial charge in [-0.25, -0.2) is 9.97 Å². The average Bonchev–Trinajstić information content (AvgIpc) is 2.87. The Morgan fingerprint density at radius 1 is 0.973 bits per heavy atom. The lowest BCUT2D eigenvalue weighted by molar-refractivity contribution is -0.137. The lowest BCUT2D eigenvalue weighted by Crippen LogP contribution is -2.09. The van der Waals surface area contributed by atoms with Gasteiger partial charge in [0.1, 0.15) is 0 Å². The molecule has 0 atom stereocenters. The van der Waals surface area contributed by atoms with Crippen molar-refractivity contribution < 1.29 is 18.0 Å². The maximum atomic E-state index is 13.1. The average molecular weight is 504 g/mol. The highest BCUT2D eigenvalue weighted by Crippen LogP contribution is 2.32. The van der Waals surface area contributed by atoms with Crippen molar-refractivity contribution >= 4 is 39.7 Å². The smallest absolute Gasteiger partial charge is 0.378 e. The molecule has 0 aliphatic rings. The van der Waals surface area contributed by atoms with Crippen molar-refractivity contribution in [1.29, 1.82) is 0 Å². The largest absolute Gasteiger partial charge is 0.416 e. The van der Waals surface area contributed by atoms with Crippen molar-refractivity contribution in [2.45, 2.75) is 6.18 Å². The summed E-state index contributed by atoms with van der Waals surface area (Å²) in [5.41, 5.74) is 8.95. The molecular weight excluding hydrogens is 479 g/mol. The number of aromatic nitrogens is 2. The van der Waals surface area contributed by atoms with Crippen molar-refractivity contribution in [3.8, 4) is 0 Å². The molecule has 37 heavy (non-hydrogen) atoms. The number of nitrogens with zero attached hydrogens (tertiary/aromatic N) is 3. The van der Waals surface area contributed by atoms with Crippen molar-refractivity contribution in [2.75, 3.05) is 30.0 Å². The standard InChI is InChI=1S/C28H24F3N5O/c1-36(2)22-15-11-19(12-16-22)23(18-9-13-21(14-10-18)28(29,30)31)6-4-8-25(37)34-24-7-3-5-20-17-33-27(32)35-26(20)24/h3-17H,1-2H3,(H,34,37)(H2,32,33,35)/b8-4+,23-6-. The molecule has 0 aliphatic carbocycles. The number of nitrogens with two attached hydrogens (primary N) is 1. The first-order valence-electron chi connectivity index (χ1n) is 11.3. The third-order valence-corrected chi connectivity index (χ3v) is 5.62. The van der Waals surface area contributed by atoms with Gasteiger partial charge in [-0.05, 0) is 47.0 Å². The molecule has 0 bridgehead atoms. The Hall–Kier alpha value is -4.66. The number of para-hydroxylation sites is 1. The first-order chi connectivity index (χ1) is 17.6. The van der Waals surface area contributed by atoms with Gasteiger partial charge in [0.25, 0.3) is 0 Å². The number of anilines is 3. The molecule has 0 fully saturated rings. The van der Waals surface area contributed by atoms with E-state index < -0.39 is 17.6 Å². The number of nitrogens with one attached hydrogen (secondary N) is 1. The monoisotopic (exact) mass is 503 g/mol. The minimum absolute atomic E-state index is 0.0918. The van der Waals surface area contributed by atoms with E-state index in [9.17, 15) is 18.0 Å². The van der Waals surface area contributed by atoms with Gasteiger partial charge in [0.2, 0.25) is 11.9 Å². The molecule has 0 saturated heterocycles. The molecule has 4 rings (SSSR count). The third kappa shape index (κ3) is 6.13. The Bertz CT molecular complexity index is 1470. The van der Waals surface area contributed by atoms with Crippen LogP contribution in [0.2, 0.25) is 0 Å². The Balaban J connectivity index is 1.63. The van der Waals surface area contributed by atoms with E-state index >= 15 is 0 Å². The second kappa shape index (κ2) is 10.5. The summed E-state index contributed by atoms with van der Waals surface area (Å²) in [7, 11) is 3.83. The van der Waals surface area contributed by atoms with Crippen molar-refractivity contribution in [2.24, 2.45) is 0 Å². The summed E-state index contributed by atoms with van der Waals surface area (Å²) in [6.07, 6.45) is 1.73. The van der Waals surface area contributed by atoms with E-state index in [2.05, 4.69) is 15.3 Å². The highest BCUT2D eigenvalue weighted by atomic mass is 19.4. The van der Waals surface area contributed by atoms with Gasteiger partial charge in [-0.15, -0.1) is 0 Å². The zero-order valence-corrected chi connectivity index (χ0v) is 20.1. The molecule has 4 aromatic rings. The van der Waals surface area contributed by atoms with E-state index in [1.54, 1.807) is 36.5 Å². The molecule has 3 aromatic carbocycles. The molecule has 0 aliphatic heterocycles. The summed E-state index contributed by atoms with van der Waals surface area (Å²) < 4.78 is 39.2. The minimum atomic E-state index is -4.43. The predicted molar refractivity (Wildman–Crippen MR) is 141 cm³/mol. The van der Waals surface area contributed by atoms with Crippen LogP contribution in [0.5, 0.6) is 0 Å². The predicted octanol–water partition coefficient (Wildman–Crippen LogP) is 5.92. The minimum Gasteiger partial charge on any atom is -0.378 e. The van der Waals surface area contributed by atoms with Gasteiger partial charge in [-0.2, -0.15) is 13.2 Å².